The molecule has 0 amide bonds. The first-order valence-corrected chi connectivity index (χ1v) is 45.9. The number of pyridine rings is 4. The molecule has 0 atom stereocenters. The van der Waals surface area contributed by atoms with Gasteiger partial charge >= 0.3 is 0 Å². The van der Waals surface area contributed by atoms with E-state index in [0.29, 0.717) is 11.2 Å². The van der Waals surface area contributed by atoms with Crippen molar-refractivity contribution in [3.8, 4) is 0 Å². The molecular formula is C106H60N22O5S4. The Morgan fingerprint density at radius 2 is 0.577 bits per heavy atom. The highest BCUT2D eigenvalue weighted by Crippen LogP contribution is 2.41. The summed E-state index contributed by atoms with van der Waals surface area (Å²) in [5, 5.41) is 19.8. The SMILES string of the molecule is c1cc2oc3cncnc3c2cn1.c1cc2sc3cncnc3c2cn1.c1ccc2c(c1)ccc1c3ncncc3oc21.c1ccc2c(c1)ccc1c3ncncc3sc21.c1ccc2c(c1)ccc1oc3cncnc3c12.c1ccc2cc3c(cc2c1)oc1cncnc13.c1ccc2cc3c(cc2c1)sc1cncnc13.c1cnc2c(c1)oc1cncnc12.c1cnc2c(c1)sc1cncnc12. The van der Waals surface area contributed by atoms with E-state index in [9.17, 15) is 0 Å². The number of aromatic nitrogens is 22. The molecule has 648 valence electrons. The average molecular weight is 1850 g/mol. The van der Waals surface area contributed by atoms with Crippen molar-refractivity contribution in [3.63, 3.8) is 0 Å². The van der Waals surface area contributed by atoms with E-state index in [-0.39, 0.29) is 0 Å². The van der Waals surface area contributed by atoms with Gasteiger partial charge in [-0.05, 0) is 121 Å². The first kappa shape index (κ1) is 81.9. The lowest BCUT2D eigenvalue weighted by atomic mass is 10.1. The van der Waals surface area contributed by atoms with Crippen LogP contribution in [0.3, 0.4) is 0 Å². The van der Waals surface area contributed by atoms with Crippen LogP contribution in [0.5, 0.6) is 0 Å². The number of nitrogens with zero attached hydrogens (tertiary/aromatic N) is 22. The number of rotatable bonds is 0. The third-order valence-electron chi connectivity index (χ3n) is 22.7. The predicted octanol–water partition coefficient (Wildman–Crippen LogP) is 26.6. The molecule has 0 bridgehead atoms. The van der Waals surface area contributed by atoms with Crippen molar-refractivity contribution in [1.82, 2.24) is 110 Å². The van der Waals surface area contributed by atoms with Crippen molar-refractivity contribution in [3.05, 3.63) is 368 Å². The summed E-state index contributed by atoms with van der Waals surface area (Å²) in [6, 6.07) is 74.2. The molecule has 32 aromatic rings. The van der Waals surface area contributed by atoms with Crippen LogP contribution in [0, 0.1) is 0 Å². The molecule has 0 aliphatic rings. The summed E-state index contributed by atoms with van der Waals surface area (Å²) >= 11 is 6.89. The van der Waals surface area contributed by atoms with Crippen molar-refractivity contribution in [2.45, 2.75) is 0 Å². The molecule has 0 radical (unpaired) electrons. The lowest BCUT2D eigenvalue weighted by molar-refractivity contribution is 0.664. The number of thiophene rings is 4. The van der Waals surface area contributed by atoms with Gasteiger partial charge in [0.1, 0.15) is 123 Å². The predicted molar refractivity (Wildman–Crippen MR) is 545 cm³/mol. The summed E-state index contributed by atoms with van der Waals surface area (Å²) in [5.74, 6) is 0. The molecule has 0 saturated heterocycles. The summed E-state index contributed by atoms with van der Waals surface area (Å²) < 4.78 is 37.7. The molecule has 0 spiro atoms. The Kier molecular flexibility index (Phi) is 21.6. The molecule has 27 nitrogen and oxygen atoms in total. The lowest BCUT2D eigenvalue weighted by Crippen LogP contribution is -1.77. The van der Waals surface area contributed by atoms with E-state index in [1.807, 2.05) is 110 Å². The van der Waals surface area contributed by atoms with Gasteiger partial charge < -0.3 is 22.1 Å². The van der Waals surface area contributed by atoms with E-state index in [1.165, 1.54) is 86.0 Å². The first-order chi connectivity index (χ1) is 67.9. The maximum Gasteiger partial charge on any atom is 0.173 e. The molecule has 22 aromatic heterocycles. The lowest BCUT2D eigenvalue weighted by Gasteiger charge is -1.97. The Hall–Kier alpha value is -18.3. The van der Waals surface area contributed by atoms with E-state index in [0.717, 1.165) is 161 Å². The largest absolute Gasteiger partial charge is 0.453 e. The number of hydrogen-bond donors (Lipinski definition) is 0. The summed E-state index contributed by atoms with van der Waals surface area (Å²) in [6.07, 6.45) is 40.5. The highest BCUT2D eigenvalue weighted by atomic mass is 32.1. The Bertz CT molecular complexity index is 9170. The fourth-order valence-electron chi connectivity index (χ4n) is 16.6. The van der Waals surface area contributed by atoms with Gasteiger partial charge in [0.05, 0.1) is 81.8 Å². The molecule has 0 saturated carbocycles. The van der Waals surface area contributed by atoms with Crippen molar-refractivity contribution in [2.75, 3.05) is 0 Å². The van der Waals surface area contributed by atoms with E-state index in [1.54, 1.807) is 152 Å². The molecule has 32 rings (SSSR count). The Balaban J connectivity index is 0.0000000843. The Morgan fingerprint density at radius 3 is 1.25 bits per heavy atom. The number of benzene rings is 10. The number of hydrogen-bond acceptors (Lipinski definition) is 31. The maximum absolute atomic E-state index is 5.84. The molecule has 0 fully saturated rings. The van der Waals surface area contributed by atoms with Gasteiger partial charge in [0.2, 0.25) is 0 Å². The van der Waals surface area contributed by atoms with E-state index in [4.69, 9.17) is 22.1 Å². The second kappa shape index (κ2) is 36.1. The molecular weight excluding hydrogens is 1790 g/mol. The van der Waals surface area contributed by atoms with Crippen molar-refractivity contribution in [2.24, 2.45) is 0 Å². The Labute approximate surface area is 785 Å². The zero-order valence-corrected chi connectivity index (χ0v) is 74.4. The van der Waals surface area contributed by atoms with Gasteiger partial charge in [0, 0.05) is 108 Å². The monoisotopic (exact) mass is 1850 g/mol. The topological polar surface area (TPSA) is 349 Å². The van der Waals surface area contributed by atoms with Gasteiger partial charge in [-0.1, -0.05) is 146 Å². The molecule has 0 N–H and O–H groups in total. The van der Waals surface area contributed by atoms with Gasteiger partial charge in [-0.3, -0.25) is 19.9 Å². The highest BCUT2D eigenvalue weighted by Gasteiger charge is 2.18. The van der Waals surface area contributed by atoms with Crippen LogP contribution in [0.4, 0.5) is 0 Å². The van der Waals surface area contributed by atoms with Crippen LogP contribution in [-0.2, 0) is 0 Å². The first-order valence-electron chi connectivity index (χ1n) is 42.7. The summed E-state index contributed by atoms with van der Waals surface area (Å²) in [6.45, 7) is 0. The van der Waals surface area contributed by atoms with Gasteiger partial charge in [0.25, 0.3) is 0 Å². The van der Waals surface area contributed by atoms with Crippen LogP contribution >= 0.6 is 45.3 Å². The van der Waals surface area contributed by atoms with Crippen molar-refractivity contribution in [1.29, 1.82) is 0 Å². The quantitative estimate of drug-likeness (QED) is 0.136. The minimum Gasteiger partial charge on any atom is -0.453 e. The van der Waals surface area contributed by atoms with Crippen LogP contribution in [-0.4, -0.2) is 110 Å². The average Bonchev–Trinajstić information content (AvgIpc) is 1.60. The molecule has 0 unspecified atom stereocenters. The molecule has 31 heteroatoms. The van der Waals surface area contributed by atoms with E-state index >= 15 is 0 Å². The minimum atomic E-state index is 0.677. The minimum absolute atomic E-state index is 0.677. The Morgan fingerprint density at radius 1 is 0.168 bits per heavy atom. The van der Waals surface area contributed by atoms with E-state index in [2.05, 4.69) is 249 Å². The number of furan rings is 5. The molecule has 0 aliphatic heterocycles. The van der Waals surface area contributed by atoms with Crippen LogP contribution in [0.25, 0.3) is 246 Å². The van der Waals surface area contributed by atoms with Gasteiger partial charge in [-0.2, -0.15) is 0 Å². The highest BCUT2D eigenvalue weighted by molar-refractivity contribution is 7.27. The van der Waals surface area contributed by atoms with Crippen LogP contribution < -0.4 is 0 Å². The molecule has 10 aromatic carbocycles. The third kappa shape index (κ3) is 15.9. The summed E-state index contributed by atoms with van der Waals surface area (Å²) in [5.41, 5.74) is 17.8. The fourth-order valence-corrected chi connectivity index (χ4v) is 20.8. The van der Waals surface area contributed by atoms with E-state index < -0.39 is 0 Å². The smallest absolute Gasteiger partial charge is 0.173 e. The van der Waals surface area contributed by atoms with Crippen LogP contribution in [0.2, 0.25) is 0 Å². The fraction of sp³-hybridized carbons (Fsp3) is 0. The van der Waals surface area contributed by atoms with Crippen LogP contribution in [0.15, 0.2) is 390 Å². The van der Waals surface area contributed by atoms with Crippen molar-refractivity contribution < 1.29 is 22.1 Å². The number of fused-ring (bicyclic) bond motifs is 35. The van der Waals surface area contributed by atoms with Crippen LogP contribution in [0.1, 0.15) is 0 Å². The molecule has 22 heterocycles. The van der Waals surface area contributed by atoms with Gasteiger partial charge in [-0.25, -0.2) is 89.7 Å². The molecule has 137 heavy (non-hydrogen) atoms. The van der Waals surface area contributed by atoms with Gasteiger partial charge in [0.15, 0.2) is 33.5 Å². The summed E-state index contributed by atoms with van der Waals surface area (Å²) in [4.78, 5) is 90.7. The standard InChI is InChI=1S/3C14H8N2O.2C14H8N2S.2C9H5N3O.2C9H5N3S/c1-2-4-10-6-12-11(5-9(10)3-1)14-13(17-12)7-15-8-16-14;1-2-4-10-9(3-1)5-6-11-13-12(17-14(10)11)7-15-8-16-13;1-2-4-10-9(3-1)5-6-11-13(10)14-12(17-11)7-15-8-16-14;1-2-4-10-6-12-11(5-9(10)3-1)14-13(17-12)7-15-8-16-14;1-2-4-10-9(3-1)5-6-11-13-12(17-14(10)11)7-15-8-16-13;1-2-10-3-6-7(1)13-8-4-11-5-12-9(6)8;1-2-6-8(11-3-1)9-7(13-6)4-10-5-12-9;1-2-10-3-6-7(1)13-8-4-11-5-12-9(6)8;1-2-6-8(11-3-1)9-7(13-6)4-10-5-12-9/h5*1-8H;4*1-5H. The normalized spacial score (nSPS) is 11.4. The zero-order chi connectivity index (χ0) is 90.9. The zero-order valence-electron chi connectivity index (χ0n) is 71.2. The second-order valence-corrected chi connectivity index (χ2v) is 35.2. The third-order valence-corrected chi connectivity index (χ3v) is 27.1. The maximum atomic E-state index is 5.84. The van der Waals surface area contributed by atoms with Crippen molar-refractivity contribution >= 4 is 291 Å². The summed E-state index contributed by atoms with van der Waals surface area (Å²) in [7, 11) is 0. The second-order valence-electron chi connectivity index (χ2n) is 30.9. The van der Waals surface area contributed by atoms with Gasteiger partial charge in [-0.15, -0.1) is 45.3 Å². The molecule has 0 aliphatic carbocycles.